The van der Waals surface area contributed by atoms with Gasteiger partial charge in [0.2, 0.25) is 0 Å². The van der Waals surface area contributed by atoms with Crippen molar-refractivity contribution in [2.75, 3.05) is 0 Å². The normalized spacial score (nSPS) is 10.4. The highest BCUT2D eigenvalue weighted by Gasteiger charge is 1.98. The lowest BCUT2D eigenvalue weighted by atomic mass is 10.3. The molecular formula is C10H10BrN3. The molecule has 3 nitrogen and oxygen atoms in total. The topological polar surface area (TPSA) is 30.7 Å². The van der Waals surface area contributed by atoms with Crippen LogP contribution in [-0.4, -0.2) is 14.8 Å². The van der Waals surface area contributed by atoms with Gasteiger partial charge in [0.1, 0.15) is 0 Å². The van der Waals surface area contributed by atoms with Crippen LogP contribution in [-0.2, 0) is 6.42 Å². The molecule has 2 aromatic heterocycles. The maximum atomic E-state index is 4.31. The van der Waals surface area contributed by atoms with Gasteiger partial charge in [0, 0.05) is 11.9 Å². The zero-order valence-electron chi connectivity index (χ0n) is 7.81. The molecule has 14 heavy (non-hydrogen) atoms. The van der Waals surface area contributed by atoms with E-state index in [2.05, 4.69) is 32.9 Å². The van der Waals surface area contributed by atoms with E-state index >= 15 is 0 Å². The van der Waals surface area contributed by atoms with Gasteiger partial charge >= 0.3 is 0 Å². The van der Waals surface area contributed by atoms with E-state index in [0.717, 1.165) is 22.3 Å². The Morgan fingerprint density at radius 2 is 2.21 bits per heavy atom. The van der Waals surface area contributed by atoms with Crippen molar-refractivity contribution in [2.24, 2.45) is 0 Å². The summed E-state index contributed by atoms with van der Waals surface area (Å²) in [5.41, 5.74) is 2.08. The average molecular weight is 252 g/mol. The van der Waals surface area contributed by atoms with Crippen LogP contribution in [0, 0.1) is 0 Å². The number of pyridine rings is 1. The molecular weight excluding hydrogens is 242 g/mol. The van der Waals surface area contributed by atoms with Gasteiger partial charge in [-0.2, -0.15) is 5.10 Å². The predicted octanol–water partition coefficient (Wildman–Crippen LogP) is 2.59. The number of nitrogens with zero attached hydrogens (tertiary/aromatic N) is 3. The van der Waals surface area contributed by atoms with Gasteiger partial charge in [0.15, 0.2) is 0 Å². The third-order valence-corrected chi connectivity index (χ3v) is 2.40. The van der Waals surface area contributed by atoms with Gasteiger partial charge in [-0.1, -0.05) is 6.92 Å². The highest BCUT2D eigenvalue weighted by Crippen LogP contribution is 2.11. The van der Waals surface area contributed by atoms with E-state index in [1.807, 2.05) is 24.5 Å². The minimum atomic E-state index is 0.961. The molecule has 0 saturated heterocycles. The number of hydrogen-bond acceptors (Lipinski definition) is 2. The molecule has 0 amide bonds. The van der Waals surface area contributed by atoms with Crippen LogP contribution in [0.15, 0.2) is 35.2 Å². The third kappa shape index (κ3) is 1.85. The molecule has 0 aliphatic rings. The van der Waals surface area contributed by atoms with Crippen LogP contribution in [0.5, 0.6) is 0 Å². The first-order valence-electron chi connectivity index (χ1n) is 4.45. The van der Waals surface area contributed by atoms with Crippen molar-refractivity contribution in [1.82, 2.24) is 14.8 Å². The fourth-order valence-corrected chi connectivity index (χ4v) is 1.49. The number of rotatable bonds is 2. The molecule has 2 aromatic rings. The summed E-state index contributed by atoms with van der Waals surface area (Å²) in [7, 11) is 0. The summed E-state index contributed by atoms with van der Waals surface area (Å²) in [6.45, 7) is 2.09. The summed E-state index contributed by atoms with van der Waals surface area (Å²) in [6.07, 6.45) is 6.46. The number of hydrogen-bond donors (Lipinski definition) is 0. The average Bonchev–Trinajstić information content (AvgIpc) is 2.65. The van der Waals surface area contributed by atoms with Crippen LogP contribution in [0.2, 0.25) is 0 Å². The molecule has 2 rings (SSSR count). The lowest BCUT2D eigenvalue weighted by Crippen LogP contribution is -1.96. The summed E-state index contributed by atoms with van der Waals surface area (Å²) < 4.78 is 2.76. The van der Waals surface area contributed by atoms with Crippen LogP contribution >= 0.6 is 15.9 Å². The van der Waals surface area contributed by atoms with Crippen LogP contribution in [0.4, 0.5) is 0 Å². The second-order valence-electron chi connectivity index (χ2n) is 2.96. The quantitative estimate of drug-likeness (QED) is 0.822. The Balaban J connectivity index is 2.33. The van der Waals surface area contributed by atoms with Crippen LogP contribution < -0.4 is 0 Å². The number of aromatic nitrogens is 3. The molecule has 0 aromatic carbocycles. The summed E-state index contributed by atoms with van der Waals surface area (Å²) in [6, 6.07) is 4.04. The Kier molecular flexibility index (Phi) is 2.63. The smallest absolute Gasteiger partial charge is 0.0829 e. The zero-order chi connectivity index (χ0) is 9.97. The predicted molar refractivity (Wildman–Crippen MR) is 58.4 cm³/mol. The monoisotopic (exact) mass is 251 g/mol. The molecule has 0 aliphatic heterocycles. The van der Waals surface area contributed by atoms with Crippen molar-refractivity contribution in [3.63, 3.8) is 0 Å². The van der Waals surface area contributed by atoms with Gasteiger partial charge in [0.05, 0.1) is 22.6 Å². The second-order valence-corrected chi connectivity index (χ2v) is 3.88. The van der Waals surface area contributed by atoms with E-state index in [-0.39, 0.29) is 0 Å². The SMILES string of the molecule is CCc1ccc(-n2cc(Br)cn2)cn1. The zero-order valence-corrected chi connectivity index (χ0v) is 9.40. The molecule has 0 atom stereocenters. The van der Waals surface area contributed by atoms with Gasteiger partial charge in [-0.3, -0.25) is 4.98 Å². The van der Waals surface area contributed by atoms with Crippen LogP contribution in [0.1, 0.15) is 12.6 Å². The maximum Gasteiger partial charge on any atom is 0.0829 e. The fourth-order valence-electron chi connectivity index (χ4n) is 1.20. The van der Waals surface area contributed by atoms with Gasteiger partial charge in [-0.15, -0.1) is 0 Å². The van der Waals surface area contributed by atoms with Crippen LogP contribution in [0.3, 0.4) is 0 Å². The largest absolute Gasteiger partial charge is 0.259 e. The number of halogens is 1. The van der Waals surface area contributed by atoms with Crippen molar-refractivity contribution >= 4 is 15.9 Å². The van der Waals surface area contributed by atoms with Crippen molar-refractivity contribution in [3.05, 3.63) is 40.9 Å². The first-order chi connectivity index (χ1) is 6.79. The van der Waals surface area contributed by atoms with E-state index < -0.39 is 0 Å². The Bertz CT molecular complexity index is 419. The molecule has 72 valence electrons. The molecule has 0 aliphatic carbocycles. The minimum absolute atomic E-state index is 0.961. The Labute approximate surface area is 90.9 Å². The highest BCUT2D eigenvalue weighted by molar-refractivity contribution is 9.10. The summed E-state index contributed by atoms with van der Waals surface area (Å²) in [5, 5.41) is 4.17. The number of aryl methyl sites for hydroxylation is 1. The van der Waals surface area contributed by atoms with E-state index in [1.165, 1.54) is 0 Å². The Morgan fingerprint density at radius 3 is 2.71 bits per heavy atom. The molecule has 0 N–H and O–H groups in total. The van der Waals surface area contributed by atoms with Crippen molar-refractivity contribution < 1.29 is 0 Å². The molecule has 2 heterocycles. The molecule has 4 heteroatoms. The molecule has 0 fully saturated rings. The van der Waals surface area contributed by atoms with Gasteiger partial charge in [-0.05, 0) is 34.5 Å². The van der Waals surface area contributed by atoms with Crippen molar-refractivity contribution in [1.29, 1.82) is 0 Å². The Hall–Kier alpha value is -1.16. The van der Waals surface area contributed by atoms with Gasteiger partial charge in [0.25, 0.3) is 0 Å². The lowest BCUT2D eigenvalue weighted by molar-refractivity contribution is 0.867. The van der Waals surface area contributed by atoms with Gasteiger partial charge in [-0.25, -0.2) is 4.68 Å². The van der Waals surface area contributed by atoms with E-state index in [0.29, 0.717) is 0 Å². The summed E-state index contributed by atoms with van der Waals surface area (Å²) >= 11 is 3.35. The first kappa shape index (κ1) is 9.40. The molecule has 0 bridgehead atoms. The lowest BCUT2D eigenvalue weighted by Gasteiger charge is -2.00. The van der Waals surface area contributed by atoms with Crippen molar-refractivity contribution in [2.45, 2.75) is 13.3 Å². The highest BCUT2D eigenvalue weighted by atomic mass is 79.9. The minimum Gasteiger partial charge on any atom is -0.259 e. The molecule has 0 radical (unpaired) electrons. The van der Waals surface area contributed by atoms with E-state index in [4.69, 9.17) is 0 Å². The summed E-state index contributed by atoms with van der Waals surface area (Å²) in [4.78, 5) is 4.31. The standard InChI is InChI=1S/C10H10BrN3/c1-2-9-3-4-10(6-12-9)14-7-8(11)5-13-14/h3-7H,2H2,1H3. The van der Waals surface area contributed by atoms with E-state index in [1.54, 1.807) is 10.9 Å². The molecule has 0 spiro atoms. The van der Waals surface area contributed by atoms with E-state index in [9.17, 15) is 0 Å². The van der Waals surface area contributed by atoms with Gasteiger partial charge < -0.3 is 0 Å². The fraction of sp³-hybridized carbons (Fsp3) is 0.200. The first-order valence-corrected chi connectivity index (χ1v) is 5.24. The van der Waals surface area contributed by atoms with Crippen molar-refractivity contribution in [3.8, 4) is 5.69 Å². The second kappa shape index (κ2) is 3.92. The third-order valence-electron chi connectivity index (χ3n) is 1.99. The summed E-state index contributed by atoms with van der Waals surface area (Å²) in [5.74, 6) is 0. The maximum absolute atomic E-state index is 4.31. The molecule has 0 unspecified atom stereocenters. The van der Waals surface area contributed by atoms with Crippen LogP contribution in [0.25, 0.3) is 5.69 Å². The Morgan fingerprint density at radius 1 is 1.36 bits per heavy atom. The molecule has 0 saturated carbocycles.